The molecule has 124 valence electrons. The molecule has 0 aliphatic carbocycles. The van der Waals surface area contributed by atoms with Crippen molar-refractivity contribution in [2.24, 2.45) is 0 Å². The molecule has 2 rings (SSSR count). The van der Waals surface area contributed by atoms with E-state index < -0.39 is 29.6 Å². The van der Waals surface area contributed by atoms with Gasteiger partial charge in [-0.25, -0.2) is 0 Å². The maximum atomic E-state index is 12.9. The van der Waals surface area contributed by atoms with E-state index in [0.717, 1.165) is 43.6 Å². The van der Waals surface area contributed by atoms with Crippen LogP contribution in [-0.2, 0) is 6.18 Å². The number of halogens is 6. The van der Waals surface area contributed by atoms with Crippen molar-refractivity contribution in [3.8, 4) is 22.8 Å². The van der Waals surface area contributed by atoms with Gasteiger partial charge < -0.3 is 9.47 Å². The van der Waals surface area contributed by atoms with Crippen molar-refractivity contribution in [1.29, 1.82) is 0 Å². The highest BCUT2D eigenvalue weighted by molar-refractivity contribution is 5.69. The summed E-state index contributed by atoms with van der Waals surface area (Å²) in [7, 11) is 1.05. The summed E-state index contributed by atoms with van der Waals surface area (Å²) in [6.07, 6.45) is -8.56. The Morgan fingerprint density at radius 1 is 0.913 bits per heavy atom. The fourth-order valence-electron chi connectivity index (χ4n) is 1.90. The van der Waals surface area contributed by atoms with Gasteiger partial charge in [0.2, 0.25) is 0 Å². The van der Waals surface area contributed by atoms with Crippen LogP contribution in [-0.4, -0.2) is 18.5 Å². The zero-order valence-electron chi connectivity index (χ0n) is 11.5. The number of methoxy groups -OCH3 is 1. The number of hydrogen-bond acceptors (Lipinski definition) is 3. The monoisotopic (exact) mass is 337 g/mol. The molecule has 9 heteroatoms. The second kappa shape index (κ2) is 5.98. The molecule has 0 aliphatic rings. The molecule has 0 saturated carbocycles. The molecule has 2 aromatic rings. The summed E-state index contributed by atoms with van der Waals surface area (Å²) in [5.41, 5.74) is -1.01. The van der Waals surface area contributed by atoms with Gasteiger partial charge in [0.1, 0.15) is 17.0 Å². The van der Waals surface area contributed by atoms with Crippen LogP contribution in [0.3, 0.4) is 0 Å². The van der Waals surface area contributed by atoms with Gasteiger partial charge in [-0.05, 0) is 30.3 Å². The topological polar surface area (TPSA) is 31.4 Å². The first kappa shape index (κ1) is 16.9. The zero-order chi connectivity index (χ0) is 17.3. The molecule has 0 amide bonds. The lowest BCUT2D eigenvalue weighted by Crippen LogP contribution is -2.16. The lowest BCUT2D eigenvalue weighted by atomic mass is 10.1. The van der Waals surface area contributed by atoms with Crippen molar-refractivity contribution in [3.05, 3.63) is 42.1 Å². The first-order valence-electron chi connectivity index (χ1n) is 6.08. The largest absolute Gasteiger partial charge is 0.573 e. The standard InChI is InChI=1S/C14H9F6NO2/c1-22-12-10(13(15,16)17)6-7-21-11(12)8-2-4-9(5-3-8)23-14(18,19)20/h2-7H,1H3. The molecule has 0 aliphatic heterocycles. The average molecular weight is 337 g/mol. The van der Waals surface area contributed by atoms with Gasteiger partial charge in [0.05, 0.1) is 7.11 Å². The van der Waals surface area contributed by atoms with Crippen molar-refractivity contribution in [1.82, 2.24) is 4.98 Å². The van der Waals surface area contributed by atoms with E-state index in [2.05, 4.69) is 9.72 Å². The van der Waals surface area contributed by atoms with E-state index in [1.165, 1.54) is 0 Å². The van der Waals surface area contributed by atoms with Crippen LogP contribution >= 0.6 is 0 Å². The maximum absolute atomic E-state index is 12.9. The lowest BCUT2D eigenvalue weighted by molar-refractivity contribution is -0.274. The third-order valence-corrected chi connectivity index (χ3v) is 2.78. The Balaban J connectivity index is 2.43. The van der Waals surface area contributed by atoms with Crippen molar-refractivity contribution < 1.29 is 35.8 Å². The third-order valence-electron chi connectivity index (χ3n) is 2.78. The second-order valence-electron chi connectivity index (χ2n) is 4.31. The molecule has 1 heterocycles. The molecule has 0 radical (unpaired) electrons. The van der Waals surface area contributed by atoms with Gasteiger partial charge in [-0.1, -0.05) is 0 Å². The molecule has 23 heavy (non-hydrogen) atoms. The molecule has 0 bridgehead atoms. The summed E-state index contributed by atoms with van der Waals surface area (Å²) in [4.78, 5) is 3.81. The van der Waals surface area contributed by atoms with E-state index in [-0.39, 0.29) is 11.3 Å². The normalized spacial score (nSPS) is 12.1. The van der Waals surface area contributed by atoms with Gasteiger partial charge in [0.25, 0.3) is 0 Å². The molecular weight excluding hydrogens is 328 g/mol. The maximum Gasteiger partial charge on any atom is 0.573 e. The Labute approximate surface area is 126 Å². The van der Waals surface area contributed by atoms with Gasteiger partial charge >= 0.3 is 12.5 Å². The fourth-order valence-corrected chi connectivity index (χ4v) is 1.90. The molecule has 1 aromatic heterocycles. The van der Waals surface area contributed by atoms with E-state index in [9.17, 15) is 26.3 Å². The van der Waals surface area contributed by atoms with Gasteiger partial charge in [-0.3, -0.25) is 4.98 Å². The first-order chi connectivity index (χ1) is 10.6. The first-order valence-corrected chi connectivity index (χ1v) is 6.08. The summed E-state index contributed by atoms with van der Waals surface area (Å²) in [6, 6.07) is 5.02. The lowest BCUT2D eigenvalue weighted by Gasteiger charge is -2.15. The predicted molar refractivity (Wildman–Crippen MR) is 67.9 cm³/mol. The van der Waals surface area contributed by atoms with Crippen molar-refractivity contribution in [2.75, 3.05) is 7.11 Å². The summed E-state index contributed by atoms with van der Waals surface area (Å²) >= 11 is 0. The van der Waals surface area contributed by atoms with E-state index in [1.54, 1.807) is 0 Å². The second-order valence-corrected chi connectivity index (χ2v) is 4.31. The van der Waals surface area contributed by atoms with Crippen LogP contribution in [0.25, 0.3) is 11.3 Å². The Kier molecular flexibility index (Phi) is 4.39. The van der Waals surface area contributed by atoms with Crippen molar-refractivity contribution in [3.63, 3.8) is 0 Å². The van der Waals surface area contributed by atoms with Gasteiger partial charge in [-0.2, -0.15) is 13.2 Å². The van der Waals surface area contributed by atoms with Crippen LogP contribution in [0.1, 0.15) is 5.56 Å². The molecule has 1 aromatic carbocycles. The molecule has 0 fully saturated rings. The van der Waals surface area contributed by atoms with Crippen LogP contribution in [0, 0.1) is 0 Å². The van der Waals surface area contributed by atoms with Crippen LogP contribution in [0.15, 0.2) is 36.5 Å². The quantitative estimate of drug-likeness (QED) is 0.763. The van der Waals surface area contributed by atoms with Gasteiger partial charge in [0.15, 0.2) is 5.75 Å². The van der Waals surface area contributed by atoms with E-state index in [0.29, 0.717) is 0 Å². The number of rotatable bonds is 3. The molecule has 0 saturated heterocycles. The third kappa shape index (κ3) is 4.05. The minimum atomic E-state index is -4.85. The Morgan fingerprint density at radius 3 is 2.00 bits per heavy atom. The van der Waals surface area contributed by atoms with Crippen molar-refractivity contribution >= 4 is 0 Å². The fraction of sp³-hybridized carbons (Fsp3) is 0.214. The highest BCUT2D eigenvalue weighted by Gasteiger charge is 2.36. The average Bonchev–Trinajstić information content (AvgIpc) is 2.44. The number of pyridine rings is 1. The van der Waals surface area contributed by atoms with Crippen LogP contribution in [0.5, 0.6) is 11.5 Å². The molecule has 0 spiro atoms. The summed E-state index contributed by atoms with van der Waals surface area (Å²) < 4.78 is 83.5. The van der Waals surface area contributed by atoms with Crippen LogP contribution in [0.2, 0.25) is 0 Å². The van der Waals surface area contributed by atoms with Crippen LogP contribution < -0.4 is 9.47 Å². The highest BCUT2D eigenvalue weighted by atomic mass is 19.4. The van der Waals surface area contributed by atoms with E-state index in [4.69, 9.17) is 4.74 Å². The summed E-state index contributed by atoms with van der Waals surface area (Å²) in [5, 5.41) is 0. The molecule has 3 nitrogen and oxygen atoms in total. The predicted octanol–water partition coefficient (Wildman–Crippen LogP) is 4.67. The Bertz CT molecular complexity index is 679. The molecular formula is C14H9F6NO2. The number of aromatic nitrogens is 1. The molecule has 0 unspecified atom stereocenters. The highest BCUT2D eigenvalue weighted by Crippen LogP contribution is 2.40. The van der Waals surface area contributed by atoms with Gasteiger partial charge in [0, 0.05) is 11.8 Å². The number of alkyl halides is 6. The summed E-state index contributed by atoms with van der Waals surface area (Å²) in [6.45, 7) is 0. The Morgan fingerprint density at radius 2 is 1.52 bits per heavy atom. The number of nitrogens with zero attached hydrogens (tertiary/aromatic N) is 1. The summed E-state index contributed by atoms with van der Waals surface area (Å²) in [5.74, 6) is -1.00. The zero-order valence-corrected chi connectivity index (χ0v) is 11.5. The van der Waals surface area contributed by atoms with Gasteiger partial charge in [-0.15, -0.1) is 13.2 Å². The number of benzene rings is 1. The van der Waals surface area contributed by atoms with Crippen LogP contribution in [0.4, 0.5) is 26.3 Å². The van der Waals surface area contributed by atoms with E-state index in [1.807, 2.05) is 0 Å². The SMILES string of the molecule is COc1c(C(F)(F)F)ccnc1-c1ccc(OC(F)(F)F)cc1. The molecule has 0 N–H and O–H groups in total. The Hall–Kier alpha value is -2.45. The minimum absolute atomic E-state index is 0.138. The van der Waals surface area contributed by atoms with E-state index >= 15 is 0 Å². The number of hydrogen-bond donors (Lipinski definition) is 0. The smallest absolute Gasteiger partial charge is 0.494 e. The minimum Gasteiger partial charge on any atom is -0.494 e. The molecule has 0 atom stereocenters. The number of ether oxygens (including phenoxy) is 2. The van der Waals surface area contributed by atoms with Crippen molar-refractivity contribution in [2.45, 2.75) is 12.5 Å².